The van der Waals surface area contributed by atoms with Crippen molar-refractivity contribution in [2.24, 2.45) is 0 Å². The van der Waals surface area contributed by atoms with Crippen molar-refractivity contribution in [2.45, 2.75) is 0 Å². The summed E-state index contributed by atoms with van der Waals surface area (Å²) in [6.45, 7) is 0. The topological polar surface area (TPSA) is 74.7 Å². The average Bonchev–Trinajstić information content (AvgIpc) is 2.36. The molecule has 2 aromatic heterocycles. The third-order valence-electron chi connectivity index (χ3n) is 1.23. The molecule has 0 spiro atoms. The van der Waals surface area contributed by atoms with Crippen molar-refractivity contribution >= 4 is 40.6 Å². The molecule has 0 aromatic carbocycles. The maximum absolute atomic E-state index is 9.05. The zero-order valence-corrected chi connectivity index (χ0v) is 4.94. The molecule has 0 atom stereocenters. The minimum atomic E-state index is -0.0428. The Labute approximate surface area is 84.2 Å². The molecule has 2 rings (SSSR count). The van der Waals surface area contributed by atoms with Crippen LogP contribution in [0, 0.1) is 0 Å². The van der Waals surface area contributed by atoms with Gasteiger partial charge in [-0.2, -0.15) is 5.10 Å². The predicted octanol–water partition coefficient (Wildman–Crippen LogP) is -0.590. The first-order valence-electron chi connectivity index (χ1n) is 2.71. The van der Waals surface area contributed by atoms with Crippen molar-refractivity contribution in [1.29, 1.82) is 0 Å². The summed E-state index contributed by atoms with van der Waals surface area (Å²) in [6.07, 6.45) is 2.75. The number of nitrogens with one attached hydrogen (secondary N) is 1. The summed E-state index contributed by atoms with van der Waals surface area (Å²) >= 11 is 0. The molecule has 0 saturated carbocycles. The molecule has 0 saturated heterocycles. The second-order valence-corrected chi connectivity index (χ2v) is 1.83. The van der Waals surface area contributed by atoms with Gasteiger partial charge in [0.25, 0.3) is 0 Å². The summed E-state index contributed by atoms with van der Waals surface area (Å²) in [6, 6.07) is 0. The van der Waals surface area contributed by atoms with Crippen LogP contribution in [0.4, 0.5) is 0 Å². The molecule has 11 heavy (non-hydrogen) atoms. The van der Waals surface area contributed by atoms with E-state index in [1.807, 2.05) is 0 Å². The van der Waals surface area contributed by atoms with Crippen LogP contribution in [0.3, 0.4) is 0 Å². The summed E-state index contributed by atoms with van der Waals surface area (Å²) in [4.78, 5) is 7.38. The number of nitrogens with zero attached hydrogens (tertiary/aromatic N) is 3. The number of fused-ring (bicyclic) bond motifs is 1. The van der Waals surface area contributed by atoms with E-state index in [2.05, 4.69) is 20.2 Å². The Hall–Kier alpha value is -0.650. The minimum absolute atomic E-state index is 0. The van der Waals surface area contributed by atoms with Gasteiger partial charge in [0.05, 0.1) is 6.20 Å². The third-order valence-corrected chi connectivity index (χ3v) is 1.23. The Kier molecular flexibility index (Phi) is 2.43. The number of aromatic amines is 1. The molecule has 0 amide bonds. The number of hydrogen-bond acceptors (Lipinski definition) is 4. The zero-order valence-electron chi connectivity index (χ0n) is 4.94. The number of aromatic hydroxyl groups is 1. The first kappa shape index (κ1) is 8.45. The molecular formula is C5H5N4NaO. The van der Waals surface area contributed by atoms with Crippen LogP contribution in [0.5, 0.6) is 5.88 Å². The molecule has 2 heterocycles. The standard InChI is InChI=1S/C5H4N4O.Na.H/c10-5-3-1-8-9-4(3)6-2-7-5;;/h1-2H,(H2,6,7,8,9,10);;. The van der Waals surface area contributed by atoms with E-state index in [4.69, 9.17) is 5.11 Å². The quantitative estimate of drug-likeness (QED) is 0.505. The van der Waals surface area contributed by atoms with E-state index in [1.165, 1.54) is 12.5 Å². The van der Waals surface area contributed by atoms with Gasteiger partial charge in [-0.1, -0.05) is 0 Å². The van der Waals surface area contributed by atoms with E-state index in [0.717, 1.165) is 0 Å². The molecule has 52 valence electrons. The van der Waals surface area contributed by atoms with Gasteiger partial charge in [-0.15, -0.1) is 0 Å². The molecule has 0 bridgehead atoms. The summed E-state index contributed by atoms with van der Waals surface area (Å²) in [5.41, 5.74) is 0.549. The molecule has 2 N–H and O–H groups in total. The van der Waals surface area contributed by atoms with Gasteiger partial charge in [0.1, 0.15) is 11.7 Å². The number of hydrogen-bond donors (Lipinski definition) is 2. The molecule has 0 unspecified atom stereocenters. The van der Waals surface area contributed by atoms with Crippen LogP contribution in [0.2, 0.25) is 0 Å². The van der Waals surface area contributed by atoms with Gasteiger partial charge in [-0.05, 0) is 0 Å². The van der Waals surface area contributed by atoms with Crippen LogP contribution in [0.1, 0.15) is 0 Å². The third kappa shape index (κ3) is 1.35. The first-order valence-corrected chi connectivity index (χ1v) is 2.71. The zero-order chi connectivity index (χ0) is 6.97. The van der Waals surface area contributed by atoms with E-state index in [-0.39, 0.29) is 35.4 Å². The van der Waals surface area contributed by atoms with Crippen LogP contribution >= 0.6 is 0 Å². The fourth-order valence-electron chi connectivity index (χ4n) is 0.752. The van der Waals surface area contributed by atoms with Gasteiger partial charge < -0.3 is 5.11 Å². The molecular weight excluding hydrogens is 155 g/mol. The van der Waals surface area contributed by atoms with Crippen molar-refractivity contribution < 1.29 is 5.11 Å². The van der Waals surface area contributed by atoms with E-state index in [1.54, 1.807) is 0 Å². The Morgan fingerprint density at radius 3 is 2.91 bits per heavy atom. The predicted molar refractivity (Wildman–Crippen MR) is 40.5 cm³/mol. The molecule has 0 radical (unpaired) electrons. The van der Waals surface area contributed by atoms with Crippen molar-refractivity contribution in [3.8, 4) is 5.88 Å². The second-order valence-electron chi connectivity index (χ2n) is 1.83. The Morgan fingerprint density at radius 1 is 1.36 bits per heavy atom. The monoisotopic (exact) mass is 160 g/mol. The number of H-pyrrole nitrogens is 1. The molecule has 2 aromatic rings. The van der Waals surface area contributed by atoms with Gasteiger partial charge in [0, 0.05) is 0 Å². The molecule has 0 fully saturated rings. The molecule has 5 nitrogen and oxygen atoms in total. The van der Waals surface area contributed by atoms with Gasteiger partial charge in [0.2, 0.25) is 5.88 Å². The van der Waals surface area contributed by atoms with Crippen LogP contribution in [-0.2, 0) is 0 Å². The summed E-state index contributed by atoms with van der Waals surface area (Å²) in [5.74, 6) is -0.0428. The molecule has 0 aliphatic heterocycles. The van der Waals surface area contributed by atoms with E-state index in [0.29, 0.717) is 11.0 Å². The van der Waals surface area contributed by atoms with Crippen molar-refractivity contribution in [3.05, 3.63) is 12.5 Å². The first-order chi connectivity index (χ1) is 4.88. The fourth-order valence-corrected chi connectivity index (χ4v) is 0.752. The van der Waals surface area contributed by atoms with Crippen LogP contribution in [-0.4, -0.2) is 54.8 Å². The van der Waals surface area contributed by atoms with Gasteiger partial charge >= 0.3 is 29.6 Å². The normalized spacial score (nSPS) is 9.45. The molecule has 0 aliphatic rings. The second kappa shape index (κ2) is 3.17. The van der Waals surface area contributed by atoms with Crippen molar-refractivity contribution in [1.82, 2.24) is 20.2 Å². The van der Waals surface area contributed by atoms with E-state index in [9.17, 15) is 0 Å². The molecule has 6 heteroatoms. The van der Waals surface area contributed by atoms with Crippen LogP contribution in [0.25, 0.3) is 11.0 Å². The van der Waals surface area contributed by atoms with Crippen LogP contribution in [0.15, 0.2) is 12.5 Å². The fraction of sp³-hybridized carbons (Fsp3) is 0. The van der Waals surface area contributed by atoms with Crippen molar-refractivity contribution in [3.63, 3.8) is 0 Å². The van der Waals surface area contributed by atoms with E-state index >= 15 is 0 Å². The van der Waals surface area contributed by atoms with Gasteiger partial charge in [0.15, 0.2) is 5.65 Å². The Balaban J connectivity index is 0.000000605. The summed E-state index contributed by atoms with van der Waals surface area (Å²) in [7, 11) is 0. The van der Waals surface area contributed by atoms with Gasteiger partial charge in [-0.3, -0.25) is 5.10 Å². The summed E-state index contributed by atoms with van der Waals surface area (Å²) in [5, 5.41) is 15.9. The Morgan fingerprint density at radius 2 is 2.18 bits per heavy atom. The summed E-state index contributed by atoms with van der Waals surface area (Å²) < 4.78 is 0. The van der Waals surface area contributed by atoms with E-state index < -0.39 is 0 Å². The SMILES string of the molecule is Oc1ncnc2[nH]ncc12.[NaH]. The maximum atomic E-state index is 9.05. The van der Waals surface area contributed by atoms with Crippen LogP contribution < -0.4 is 0 Å². The Bertz CT molecular complexity index is 360. The number of rotatable bonds is 0. The molecule has 0 aliphatic carbocycles. The number of aromatic nitrogens is 4. The van der Waals surface area contributed by atoms with Gasteiger partial charge in [-0.25, -0.2) is 9.97 Å². The average molecular weight is 160 g/mol. The van der Waals surface area contributed by atoms with Crippen molar-refractivity contribution in [2.75, 3.05) is 0 Å².